The summed E-state index contributed by atoms with van der Waals surface area (Å²) >= 11 is 0. The quantitative estimate of drug-likeness (QED) is 0.422. The Kier molecular flexibility index (Phi) is 9.10. The van der Waals surface area contributed by atoms with Gasteiger partial charge in [-0.15, -0.1) is 11.8 Å². The lowest BCUT2D eigenvalue weighted by Gasteiger charge is -1.99. The zero-order valence-electron chi connectivity index (χ0n) is 7.65. The van der Waals surface area contributed by atoms with Crippen LogP contribution in [0.25, 0.3) is 0 Å². The first-order chi connectivity index (χ1) is 5.41. The van der Waals surface area contributed by atoms with E-state index >= 15 is 0 Å². The molecule has 0 N–H and O–H groups in total. The SMILES string of the molecule is CC#CCCCCOCCC. The largest absolute Gasteiger partial charge is 0.381 e. The molecule has 0 aromatic heterocycles. The third-order valence-corrected chi connectivity index (χ3v) is 1.37. The highest BCUT2D eigenvalue weighted by Crippen LogP contribution is 1.94. The number of ether oxygens (including phenoxy) is 1. The molecule has 64 valence electrons. The zero-order chi connectivity index (χ0) is 8.36. The fraction of sp³-hybridized carbons (Fsp3) is 0.800. The van der Waals surface area contributed by atoms with Crippen LogP contribution >= 0.6 is 0 Å². The summed E-state index contributed by atoms with van der Waals surface area (Å²) in [4.78, 5) is 0. The minimum Gasteiger partial charge on any atom is -0.381 e. The van der Waals surface area contributed by atoms with E-state index in [1.165, 1.54) is 6.42 Å². The molecule has 0 aromatic rings. The van der Waals surface area contributed by atoms with E-state index in [0.717, 1.165) is 32.5 Å². The van der Waals surface area contributed by atoms with Gasteiger partial charge in [-0.1, -0.05) is 6.92 Å². The highest BCUT2D eigenvalue weighted by Gasteiger charge is 1.86. The van der Waals surface area contributed by atoms with Crippen LogP contribution in [0.2, 0.25) is 0 Å². The maximum Gasteiger partial charge on any atom is 0.0466 e. The molecule has 0 fully saturated rings. The van der Waals surface area contributed by atoms with Crippen LogP contribution in [0.15, 0.2) is 0 Å². The molecule has 0 rings (SSSR count). The summed E-state index contributed by atoms with van der Waals surface area (Å²) in [7, 11) is 0. The Morgan fingerprint density at radius 2 is 2.00 bits per heavy atom. The molecule has 0 atom stereocenters. The van der Waals surface area contributed by atoms with Gasteiger partial charge in [0.1, 0.15) is 0 Å². The third-order valence-electron chi connectivity index (χ3n) is 1.37. The van der Waals surface area contributed by atoms with E-state index in [2.05, 4.69) is 18.8 Å². The van der Waals surface area contributed by atoms with Gasteiger partial charge in [0.15, 0.2) is 0 Å². The Labute approximate surface area is 70.1 Å². The van der Waals surface area contributed by atoms with Crippen molar-refractivity contribution in [1.82, 2.24) is 0 Å². The monoisotopic (exact) mass is 154 g/mol. The lowest BCUT2D eigenvalue weighted by Crippen LogP contribution is -1.94. The van der Waals surface area contributed by atoms with E-state index in [1.54, 1.807) is 0 Å². The molecule has 0 amide bonds. The van der Waals surface area contributed by atoms with E-state index in [9.17, 15) is 0 Å². The summed E-state index contributed by atoms with van der Waals surface area (Å²) in [6.45, 7) is 5.81. The Balaban J connectivity index is 2.83. The second-order valence-electron chi connectivity index (χ2n) is 2.50. The molecule has 11 heavy (non-hydrogen) atoms. The molecular weight excluding hydrogens is 136 g/mol. The topological polar surface area (TPSA) is 9.23 Å². The Hall–Kier alpha value is -0.480. The standard InChI is InChI=1S/C10H18O/c1-3-5-6-7-8-10-11-9-4-2/h4,6-10H2,1-2H3. The fourth-order valence-corrected chi connectivity index (χ4v) is 0.789. The van der Waals surface area contributed by atoms with Gasteiger partial charge in [-0.05, 0) is 26.2 Å². The predicted octanol–water partition coefficient (Wildman–Crippen LogP) is 2.61. The molecule has 0 radical (unpaired) electrons. The van der Waals surface area contributed by atoms with E-state index in [1.807, 2.05) is 6.92 Å². The third kappa shape index (κ3) is 9.52. The van der Waals surface area contributed by atoms with Crippen molar-refractivity contribution in [3.63, 3.8) is 0 Å². The van der Waals surface area contributed by atoms with Crippen LogP contribution in [0.3, 0.4) is 0 Å². The molecule has 1 heteroatoms. The van der Waals surface area contributed by atoms with Gasteiger partial charge in [0, 0.05) is 19.6 Å². The Morgan fingerprint density at radius 1 is 1.18 bits per heavy atom. The average Bonchev–Trinajstić information content (AvgIpc) is 2.03. The summed E-state index contributed by atoms with van der Waals surface area (Å²) in [5.74, 6) is 5.91. The first-order valence-electron chi connectivity index (χ1n) is 4.39. The molecule has 0 bridgehead atoms. The first kappa shape index (κ1) is 10.5. The maximum absolute atomic E-state index is 5.31. The minimum absolute atomic E-state index is 0.902. The Morgan fingerprint density at radius 3 is 2.64 bits per heavy atom. The second kappa shape index (κ2) is 9.52. The molecule has 0 unspecified atom stereocenters. The highest BCUT2D eigenvalue weighted by molar-refractivity contribution is 4.94. The van der Waals surface area contributed by atoms with Gasteiger partial charge in [-0.25, -0.2) is 0 Å². The molecule has 0 saturated heterocycles. The van der Waals surface area contributed by atoms with E-state index < -0.39 is 0 Å². The molecule has 0 aromatic carbocycles. The first-order valence-corrected chi connectivity index (χ1v) is 4.39. The predicted molar refractivity (Wildman–Crippen MR) is 48.4 cm³/mol. The molecule has 0 spiro atoms. The summed E-state index contributed by atoms with van der Waals surface area (Å²) < 4.78 is 5.31. The smallest absolute Gasteiger partial charge is 0.0466 e. The summed E-state index contributed by atoms with van der Waals surface area (Å²) in [5.41, 5.74) is 0. The minimum atomic E-state index is 0.902. The van der Waals surface area contributed by atoms with Gasteiger partial charge >= 0.3 is 0 Å². The molecule has 0 heterocycles. The van der Waals surface area contributed by atoms with Crippen LogP contribution in [0.1, 0.15) is 39.5 Å². The number of hydrogen-bond acceptors (Lipinski definition) is 1. The maximum atomic E-state index is 5.31. The van der Waals surface area contributed by atoms with Crippen molar-refractivity contribution in [3.8, 4) is 11.8 Å². The van der Waals surface area contributed by atoms with Gasteiger partial charge in [-0.3, -0.25) is 0 Å². The van der Waals surface area contributed by atoms with Gasteiger partial charge in [0.05, 0.1) is 0 Å². The van der Waals surface area contributed by atoms with Crippen LogP contribution in [-0.4, -0.2) is 13.2 Å². The summed E-state index contributed by atoms with van der Waals surface area (Å²) in [5, 5.41) is 0. The van der Waals surface area contributed by atoms with E-state index in [4.69, 9.17) is 4.74 Å². The number of hydrogen-bond donors (Lipinski definition) is 0. The van der Waals surface area contributed by atoms with E-state index in [0.29, 0.717) is 0 Å². The summed E-state index contributed by atoms with van der Waals surface area (Å²) in [6, 6.07) is 0. The molecule has 0 aliphatic carbocycles. The lowest BCUT2D eigenvalue weighted by atomic mass is 10.2. The van der Waals surface area contributed by atoms with Crippen LogP contribution in [0.5, 0.6) is 0 Å². The van der Waals surface area contributed by atoms with Crippen LogP contribution in [0.4, 0.5) is 0 Å². The lowest BCUT2D eigenvalue weighted by molar-refractivity contribution is 0.131. The van der Waals surface area contributed by atoms with Crippen molar-refractivity contribution < 1.29 is 4.74 Å². The average molecular weight is 154 g/mol. The van der Waals surface area contributed by atoms with Crippen molar-refractivity contribution in [2.75, 3.05) is 13.2 Å². The zero-order valence-corrected chi connectivity index (χ0v) is 7.65. The molecule has 0 aliphatic rings. The van der Waals surface area contributed by atoms with Gasteiger partial charge in [0.2, 0.25) is 0 Å². The normalized spacial score (nSPS) is 8.91. The van der Waals surface area contributed by atoms with Crippen LogP contribution in [-0.2, 0) is 4.74 Å². The van der Waals surface area contributed by atoms with Gasteiger partial charge in [-0.2, -0.15) is 0 Å². The van der Waals surface area contributed by atoms with E-state index in [-0.39, 0.29) is 0 Å². The van der Waals surface area contributed by atoms with Crippen molar-refractivity contribution in [3.05, 3.63) is 0 Å². The number of rotatable bonds is 6. The Bertz CT molecular complexity index is 119. The molecule has 0 aliphatic heterocycles. The van der Waals surface area contributed by atoms with Crippen molar-refractivity contribution in [1.29, 1.82) is 0 Å². The van der Waals surface area contributed by atoms with Gasteiger partial charge < -0.3 is 4.74 Å². The fourth-order valence-electron chi connectivity index (χ4n) is 0.789. The van der Waals surface area contributed by atoms with Crippen LogP contribution in [0, 0.1) is 11.8 Å². The van der Waals surface area contributed by atoms with Crippen molar-refractivity contribution >= 4 is 0 Å². The highest BCUT2D eigenvalue weighted by atomic mass is 16.5. The molecular formula is C10H18O. The molecule has 1 nitrogen and oxygen atoms in total. The van der Waals surface area contributed by atoms with Gasteiger partial charge in [0.25, 0.3) is 0 Å². The number of unbranched alkanes of at least 4 members (excludes halogenated alkanes) is 2. The second-order valence-corrected chi connectivity index (χ2v) is 2.50. The van der Waals surface area contributed by atoms with Crippen LogP contribution < -0.4 is 0 Å². The van der Waals surface area contributed by atoms with Crippen molar-refractivity contribution in [2.24, 2.45) is 0 Å². The van der Waals surface area contributed by atoms with Crippen molar-refractivity contribution in [2.45, 2.75) is 39.5 Å². The molecule has 0 saturated carbocycles. The summed E-state index contributed by atoms with van der Waals surface area (Å²) in [6.07, 6.45) is 4.46.